The number of carboxylic acid groups (broad SMARTS) is 1. The van der Waals surface area contributed by atoms with Crippen LogP contribution in [-0.2, 0) is 20.8 Å². The number of halogens is 1. The lowest BCUT2D eigenvalue weighted by Crippen LogP contribution is -2.42. The van der Waals surface area contributed by atoms with E-state index in [-0.39, 0.29) is 24.9 Å². The van der Waals surface area contributed by atoms with Crippen LogP contribution >= 0.6 is 0 Å². The first-order chi connectivity index (χ1) is 21.7. The van der Waals surface area contributed by atoms with E-state index in [0.717, 1.165) is 5.69 Å². The molecule has 5 N–H and O–H groups in total. The number of ether oxygens (including phenoxy) is 2. The van der Waals surface area contributed by atoms with E-state index in [4.69, 9.17) is 15.2 Å². The maximum absolute atomic E-state index is 13.6. The second-order valence-electron chi connectivity index (χ2n) is 10.3. The van der Waals surface area contributed by atoms with Crippen molar-refractivity contribution in [2.24, 2.45) is 11.1 Å². The Labute approximate surface area is 257 Å². The third-order valence-corrected chi connectivity index (χ3v) is 6.81. The summed E-state index contributed by atoms with van der Waals surface area (Å²) in [6.07, 6.45) is 2.43. The molecule has 0 spiro atoms. The summed E-state index contributed by atoms with van der Waals surface area (Å²) in [6.45, 7) is 1.92. The molecular weight excluding hydrogens is 581 g/mol. The maximum atomic E-state index is 13.6. The van der Waals surface area contributed by atoms with E-state index >= 15 is 0 Å². The lowest BCUT2D eigenvalue weighted by molar-refractivity contribution is -0.236. The molecule has 230 valence electrons. The van der Waals surface area contributed by atoms with E-state index in [1.807, 2.05) is 24.3 Å². The third kappa shape index (κ3) is 7.71. The van der Waals surface area contributed by atoms with Crippen molar-refractivity contribution in [1.82, 2.24) is 24.9 Å². The Morgan fingerprint density at radius 2 is 1.69 bits per heavy atom. The van der Waals surface area contributed by atoms with E-state index < -0.39 is 17.7 Å². The molecule has 3 aromatic heterocycles. The summed E-state index contributed by atoms with van der Waals surface area (Å²) in [5, 5.41) is 12.6. The number of pyridine rings is 1. The summed E-state index contributed by atoms with van der Waals surface area (Å²) >= 11 is 0. The molecule has 1 aliphatic rings. The zero-order valence-corrected chi connectivity index (χ0v) is 24.2. The molecule has 2 aromatic carbocycles. The number of anilines is 1. The van der Waals surface area contributed by atoms with Crippen LogP contribution in [0.5, 0.6) is 0 Å². The Kier molecular flexibility index (Phi) is 9.51. The van der Waals surface area contributed by atoms with Gasteiger partial charge in [-0.25, -0.2) is 19.3 Å². The van der Waals surface area contributed by atoms with Crippen molar-refractivity contribution in [2.75, 3.05) is 18.5 Å². The molecular formula is C32H30FN7O5. The average molecular weight is 612 g/mol. The fourth-order valence-electron chi connectivity index (χ4n) is 4.25. The van der Waals surface area contributed by atoms with Crippen LogP contribution in [0.3, 0.4) is 0 Å². The molecule has 45 heavy (non-hydrogen) atoms. The first kappa shape index (κ1) is 30.9. The first-order valence-electron chi connectivity index (χ1n) is 13.9. The van der Waals surface area contributed by atoms with Crippen LogP contribution in [0.25, 0.3) is 22.6 Å². The topological polar surface area (TPSA) is 178 Å². The van der Waals surface area contributed by atoms with Crippen molar-refractivity contribution in [3.8, 4) is 22.6 Å². The number of hydrogen-bond donors (Lipinski definition) is 4. The fourth-order valence-corrected chi connectivity index (χ4v) is 4.25. The number of carbonyl (C=O) groups excluding carboxylic acids is 1. The smallest absolute Gasteiger partial charge is 0.314 e. The molecule has 0 saturated carbocycles. The predicted octanol–water partition coefficient (Wildman–Crippen LogP) is 4.60. The highest BCUT2D eigenvalue weighted by Gasteiger charge is 2.41. The Morgan fingerprint density at radius 1 is 0.978 bits per heavy atom. The summed E-state index contributed by atoms with van der Waals surface area (Å²) in [6, 6.07) is 22.0. The van der Waals surface area contributed by atoms with E-state index in [9.17, 15) is 19.1 Å². The van der Waals surface area contributed by atoms with Gasteiger partial charge in [-0.2, -0.15) is 0 Å². The normalized spacial score (nSPS) is 17.5. The van der Waals surface area contributed by atoms with Gasteiger partial charge in [-0.05, 0) is 61.5 Å². The van der Waals surface area contributed by atoms with Crippen LogP contribution in [0.1, 0.15) is 35.1 Å². The van der Waals surface area contributed by atoms with Crippen molar-refractivity contribution in [1.29, 1.82) is 0 Å². The Bertz CT molecular complexity index is 1740. The van der Waals surface area contributed by atoms with Crippen molar-refractivity contribution >= 4 is 17.8 Å². The number of hydrogen-bond acceptors (Lipinski definition) is 9. The molecule has 0 unspecified atom stereocenters. The molecule has 1 fully saturated rings. The van der Waals surface area contributed by atoms with Crippen molar-refractivity contribution in [3.05, 3.63) is 114 Å². The molecule has 1 aliphatic heterocycles. The van der Waals surface area contributed by atoms with Gasteiger partial charge in [0.2, 0.25) is 18.1 Å². The lowest BCUT2D eigenvalue weighted by Gasteiger charge is -2.33. The fraction of sp³-hybridized carbons (Fsp3) is 0.188. The number of rotatable bonds is 8. The van der Waals surface area contributed by atoms with E-state index in [1.54, 1.807) is 61.8 Å². The highest BCUT2D eigenvalue weighted by atomic mass is 19.1. The zero-order valence-electron chi connectivity index (χ0n) is 24.2. The molecule has 0 atom stereocenters. The Morgan fingerprint density at radius 3 is 2.31 bits per heavy atom. The van der Waals surface area contributed by atoms with Gasteiger partial charge >= 0.3 is 5.97 Å². The molecule has 4 heterocycles. The molecule has 0 radical (unpaired) electrons. The number of nitrogens with zero attached hydrogens (tertiary/aromatic N) is 4. The van der Waals surface area contributed by atoms with Crippen LogP contribution in [0, 0.1) is 11.2 Å². The van der Waals surface area contributed by atoms with Crippen molar-refractivity contribution < 1.29 is 28.6 Å². The number of aromatic amines is 1. The largest absolute Gasteiger partial charge is 0.481 e. The molecule has 12 nitrogen and oxygen atoms in total. The number of aliphatic carboxylic acids is 1. The number of aromatic nitrogens is 5. The second-order valence-corrected chi connectivity index (χ2v) is 10.3. The number of nitrogens with two attached hydrogens (primary N) is 1. The average Bonchev–Trinajstić information content (AvgIpc) is 3.51. The first-order valence-corrected chi connectivity index (χ1v) is 13.9. The minimum Gasteiger partial charge on any atom is -0.481 e. The quantitative estimate of drug-likeness (QED) is 0.194. The number of amides is 1. The number of benzene rings is 2. The number of imidazole rings is 1. The van der Waals surface area contributed by atoms with Gasteiger partial charge in [-0.15, -0.1) is 0 Å². The predicted molar refractivity (Wildman–Crippen MR) is 162 cm³/mol. The van der Waals surface area contributed by atoms with Gasteiger partial charge in [0.1, 0.15) is 11.2 Å². The monoisotopic (exact) mass is 611 g/mol. The number of nitrogens with one attached hydrogen (secondary N) is 2. The number of carbonyl (C=O) groups is 2. The van der Waals surface area contributed by atoms with E-state index in [1.165, 1.54) is 12.1 Å². The minimum absolute atomic E-state index is 0.0377. The van der Waals surface area contributed by atoms with Crippen LogP contribution < -0.4 is 11.1 Å². The highest BCUT2D eigenvalue weighted by Crippen LogP contribution is 2.35. The number of H-pyrrole nitrogens is 1. The van der Waals surface area contributed by atoms with E-state index in [2.05, 4.69) is 30.2 Å². The summed E-state index contributed by atoms with van der Waals surface area (Å²) in [5.74, 6) is -1.01. The van der Waals surface area contributed by atoms with Crippen LogP contribution in [0.2, 0.25) is 0 Å². The second kappa shape index (κ2) is 13.8. The molecule has 1 amide bonds. The van der Waals surface area contributed by atoms with E-state index in [0.29, 0.717) is 46.5 Å². The van der Waals surface area contributed by atoms with Gasteiger partial charge in [0.05, 0.1) is 42.5 Å². The number of carboxylic acids is 1. The third-order valence-electron chi connectivity index (χ3n) is 6.81. The standard InChI is InChI=1S/C25H23FN6O4.C7H7NO/c1-25(23(33)34)13-35-22(36-14-25)21-31-19(15-5-7-16(26)8-6-15)20(32-21)18-9-11-28-24(30-18)29-12-17-4-2-3-10-27-17;8-7(9)6-4-2-1-3-5-6/h2-11,22H,12-14H2,1H3,(H,31,32)(H,33,34)(H,28,29,30);1-5H,(H2,8,9). The van der Waals surface area contributed by atoms with Gasteiger partial charge in [-0.3, -0.25) is 14.6 Å². The summed E-state index contributed by atoms with van der Waals surface area (Å²) in [4.78, 5) is 43.0. The molecule has 0 bridgehead atoms. The Hall–Kier alpha value is -5.53. The zero-order chi connectivity index (χ0) is 31.8. The van der Waals surface area contributed by atoms with Gasteiger partial charge in [-0.1, -0.05) is 24.3 Å². The molecule has 6 rings (SSSR count). The van der Waals surface area contributed by atoms with Gasteiger partial charge < -0.3 is 30.6 Å². The highest BCUT2D eigenvalue weighted by molar-refractivity contribution is 5.92. The number of primary amides is 1. The van der Waals surface area contributed by atoms with Crippen LogP contribution in [0.15, 0.2) is 91.3 Å². The summed E-state index contributed by atoms with van der Waals surface area (Å²) < 4.78 is 25.0. The van der Waals surface area contributed by atoms with Crippen molar-refractivity contribution in [2.45, 2.75) is 19.8 Å². The molecule has 13 heteroatoms. The maximum Gasteiger partial charge on any atom is 0.314 e. The van der Waals surface area contributed by atoms with Crippen molar-refractivity contribution in [3.63, 3.8) is 0 Å². The molecule has 0 aliphatic carbocycles. The Balaban J connectivity index is 0.000000383. The van der Waals surface area contributed by atoms with Gasteiger partial charge in [0.15, 0.2) is 5.82 Å². The van der Waals surface area contributed by atoms with Gasteiger partial charge in [0.25, 0.3) is 0 Å². The lowest BCUT2D eigenvalue weighted by atomic mass is 9.92. The minimum atomic E-state index is -1.15. The molecule has 5 aromatic rings. The summed E-state index contributed by atoms with van der Waals surface area (Å²) in [7, 11) is 0. The SMILES string of the molecule is CC1(C(=O)O)COC(c2nc(-c3ccc(F)cc3)c(-c3ccnc(NCc4ccccn4)n3)[nH]2)OC1.NC(=O)c1ccccc1. The van der Waals surface area contributed by atoms with Crippen LogP contribution in [-0.4, -0.2) is 55.1 Å². The van der Waals surface area contributed by atoms with Crippen LogP contribution in [0.4, 0.5) is 10.3 Å². The van der Waals surface area contributed by atoms with Gasteiger partial charge in [0, 0.05) is 23.5 Å². The molecule has 1 saturated heterocycles. The summed E-state index contributed by atoms with van der Waals surface area (Å²) in [5.41, 5.74) is 7.48.